The van der Waals surface area contributed by atoms with E-state index in [-0.39, 0.29) is 12.2 Å². The third kappa shape index (κ3) is 3.09. The van der Waals surface area contributed by atoms with Crippen molar-refractivity contribution in [3.05, 3.63) is 12.7 Å². The van der Waals surface area contributed by atoms with Crippen molar-refractivity contribution in [1.29, 1.82) is 0 Å². The summed E-state index contributed by atoms with van der Waals surface area (Å²) in [6.07, 6.45) is 5.69. The molecule has 0 aromatic rings. The molecule has 2 aliphatic heterocycles. The van der Waals surface area contributed by atoms with Crippen LogP contribution in [0.4, 0.5) is 0 Å². The zero-order chi connectivity index (χ0) is 12.5. The summed E-state index contributed by atoms with van der Waals surface area (Å²) >= 11 is 0. The molecular weight excluding hydrogens is 216 g/mol. The van der Waals surface area contributed by atoms with E-state index < -0.39 is 5.79 Å². The van der Waals surface area contributed by atoms with Gasteiger partial charge in [0, 0.05) is 0 Å². The maximum atomic E-state index is 6.14. The summed E-state index contributed by atoms with van der Waals surface area (Å²) in [5.74, 6) is 0.157. The topological polar surface area (TPSA) is 27.7 Å². The molecule has 2 aliphatic rings. The SMILES string of the molecule is C=CC[C@H]1O[C@@H](C2COC(C)(C)O2)CC[C@H]1C. The van der Waals surface area contributed by atoms with Gasteiger partial charge in [0.2, 0.25) is 0 Å². The molecule has 2 saturated heterocycles. The van der Waals surface area contributed by atoms with Crippen LogP contribution in [0.25, 0.3) is 0 Å². The Hall–Kier alpha value is -0.380. The summed E-state index contributed by atoms with van der Waals surface area (Å²) in [4.78, 5) is 0. The normalized spacial score (nSPS) is 41.4. The lowest BCUT2D eigenvalue weighted by Crippen LogP contribution is -2.41. The summed E-state index contributed by atoms with van der Waals surface area (Å²) in [5.41, 5.74) is 0. The van der Waals surface area contributed by atoms with E-state index >= 15 is 0 Å². The molecule has 17 heavy (non-hydrogen) atoms. The largest absolute Gasteiger partial charge is 0.372 e. The maximum absolute atomic E-state index is 6.14. The van der Waals surface area contributed by atoms with Crippen LogP contribution < -0.4 is 0 Å². The quantitative estimate of drug-likeness (QED) is 0.710. The maximum Gasteiger partial charge on any atom is 0.163 e. The fraction of sp³-hybridized carbons (Fsp3) is 0.857. The first-order valence-corrected chi connectivity index (χ1v) is 6.60. The Labute approximate surface area is 104 Å². The molecule has 4 atom stereocenters. The van der Waals surface area contributed by atoms with Crippen molar-refractivity contribution in [3.63, 3.8) is 0 Å². The van der Waals surface area contributed by atoms with Gasteiger partial charge in [-0.2, -0.15) is 0 Å². The molecule has 2 heterocycles. The van der Waals surface area contributed by atoms with E-state index in [1.54, 1.807) is 0 Å². The molecule has 1 unspecified atom stereocenters. The van der Waals surface area contributed by atoms with Crippen LogP contribution >= 0.6 is 0 Å². The first-order chi connectivity index (χ1) is 8.02. The summed E-state index contributed by atoms with van der Waals surface area (Å²) in [6.45, 7) is 10.6. The molecule has 0 saturated carbocycles. The van der Waals surface area contributed by atoms with Crippen molar-refractivity contribution in [3.8, 4) is 0 Å². The van der Waals surface area contributed by atoms with Gasteiger partial charge < -0.3 is 14.2 Å². The zero-order valence-electron chi connectivity index (χ0n) is 11.1. The van der Waals surface area contributed by atoms with Gasteiger partial charge in [0.05, 0.1) is 18.8 Å². The van der Waals surface area contributed by atoms with Crippen LogP contribution in [0.5, 0.6) is 0 Å². The van der Waals surface area contributed by atoms with E-state index in [4.69, 9.17) is 14.2 Å². The van der Waals surface area contributed by atoms with Crippen molar-refractivity contribution in [2.45, 2.75) is 64.1 Å². The molecule has 3 nitrogen and oxygen atoms in total. The number of rotatable bonds is 3. The van der Waals surface area contributed by atoms with E-state index in [0.29, 0.717) is 18.6 Å². The second-order valence-electron chi connectivity index (χ2n) is 5.66. The Morgan fingerprint density at radius 1 is 1.29 bits per heavy atom. The highest BCUT2D eigenvalue weighted by atomic mass is 16.7. The summed E-state index contributed by atoms with van der Waals surface area (Å²) < 4.78 is 17.6. The predicted octanol–water partition coefficient (Wildman–Crippen LogP) is 2.90. The lowest BCUT2D eigenvalue weighted by atomic mass is 9.90. The van der Waals surface area contributed by atoms with Gasteiger partial charge in [-0.3, -0.25) is 0 Å². The van der Waals surface area contributed by atoms with Gasteiger partial charge in [0.25, 0.3) is 0 Å². The van der Waals surface area contributed by atoms with E-state index in [9.17, 15) is 0 Å². The molecule has 0 N–H and O–H groups in total. The molecule has 0 aliphatic carbocycles. The fourth-order valence-electron chi connectivity index (χ4n) is 2.66. The molecule has 2 fully saturated rings. The van der Waals surface area contributed by atoms with E-state index in [1.807, 2.05) is 19.9 Å². The van der Waals surface area contributed by atoms with Crippen molar-refractivity contribution in [2.24, 2.45) is 5.92 Å². The predicted molar refractivity (Wildman–Crippen MR) is 66.8 cm³/mol. The Balaban J connectivity index is 1.92. The van der Waals surface area contributed by atoms with Crippen molar-refractivity contribution >= 4 is 0 Å². The second-order valence-corrected chi connectivity index (χ2v) is 5.66. The third-order valence-electron chi connectivity index (χ3n) is 3.73. The Morgan fingerprint density at radius 2 is 2.06 bits per heavy atom. The van der Waals surface area contributed by atoms with Crippen LogP contribution in [0.3, 0.4) is 0 Å². The summed E-state index contributed by atoms with van der Waals surface area (Å²) in [6, 6.07) is 0. The van der Waals surface area contributed by atoms with Gasteiger partial charge in [-0.1, -0.05) is 13.0 Å². The van der Waals surface area contributed by atoms with Gasteiger partial charge in [0.1, 0.15) is 6.10 Å². The zero-order valence-corrected chi connectivity index (χ0v) is 11.1. The van der Waals surface area contributed by atoms with Crippen molar-refractivity contribution < 1.29 is 14.2 Å². The van der Waals surface area contributed by atoms with Crippen LogP contribution in [0.2, 0.25) is 0 Å². The van der Waals surface area contributed by atoms with Crippen molar-refractivity contribution in [1.82, 2.24) is 0 Å². The first kappa shape index (κ1) is 13.1. The van der Waals surface area contributed by atoms with E-state index in [0.717, 1.165) is 12.8 Å². The number of hydrogen-bond donors (Lipinski definition) is 0. The van der Waals surface area contributed by atoms with E-state index in [2.05, 4.69) is 13.5 Å². The van der Waals surface area contributed by atoms with Gasteiger partial charge in [0.15, 0.2) is 5.79 Å². The van der Waals surface area contributed by atoms with Crippen LogP contribution in [-0.2, 0) is 14.2 Å². The molecule has 2 rings (SSSR count). The third-order valence-corrected chi connectivity index (χ3v) is 3.73. The monoisotopic (exact) mass is 240 g/mol. The second kappa shape index (κ2) is 5.09. The van der Waals surface area contributed by atoms with Crippen LogP contribution in [0.15, 0.2) is 12.7 Å². The van der Waals surface area contributed by atoms with Crippen LogP contribution in [-0.4, -0.2) is 30.7 Å². The van der Waals surface area contributed by atoms with Gasteiger partial charge in [-0.15, -0.1) is 6.58 Å². The number of hydrogen-bond acceptors (Lipinski definition) is 3. The minimum absolute atomic E-state index is 0.0878. The van der Waals surface area contributed by atoms with Gasteiger partial charge >= 0.3 is 0 Å². The molecule has 0 radical (unpaired) electrons. The Kier molecular flexibility index (Phi) is 3.91. The highest BCUT2D eigenvalue weighted by Gasteiger charge is 2.40. The lowest BCUT2D eigenvalue weighted by molar-refractivity contribution is -0.175. The lowest BCUT2D eigenvalue weighted by Gasteiger charge is -2.36. The first-order valence-electron chi connectivity index (χ1n) is 6.60. The van der Waals surface area contributed by atoms with Crippen molar-refractivity contribution in [2.75, 3.05) is 6.61 Å². The number of ether oxygens (including phenoxy) is 3. The van der Waals surface area contributed by atoms with Crippen LogP contribution in [0, 0.1) is 5.92 Å². The standard InChI is InChI=1S/C14H24O3/c1-5-6-11-10(2)7-8-12(16-11)13-9-15-14(3,4)17-13/h5,10-13H,1,6-9H2,2-4H3/t10-,11-,12-,13?/m1/s1. The minimum Gasteiger partial charge on any atom is -0.372 e. The highest BCUT2D eigenvalue weighted by molar-refractivity contribution is 4.87. The molecule has 0 amide bonds. The molecular formula is C14H24O3. The molecule has 0 aromatic carbocycles. The minimum atomic E-state index is -0.453. The molecule has 3 heteroatoms. The smallest absolute Gasteiger partial charge is 0.163 e. The van der Waals surface area contributed by atoms with Gasteiger partial charge in [-0.05, 0) is 39.0 Å². The Morgan fingerprint density at radius 3 is 2.65 bits per heavy atom. The van der Waals surface area contributed by atoms with E-state index in [1.165, 1.54) is 6.42 Å². The fourth-order valence-corrected chi connectivity index (χ4v) is 2.66. The average Bonchev–Trinajstić information content (AvgIpc) is 2.62. The molecule has 0 bridgehead atoms. The summed E-state index contributed by atoms with van der Waals surface area (Å²) in [5, 5.41) is 0. The highest BCUT2D eigenvalue weighted by Crippen LogP contribution is 2.33. The molecule has 0 spiro atoms. The molecule has 98 valence electrons. The average molecular weight is 240 g/mol. The van der Waals surface area contributed by atoms with Gasteiger partial charge in [-0.25, -0.2) is 0 Å². The Bertz CT molecular complexity index is 275. The van der Waals surface area contributed by atoms with Crippen LogP contribution in [0.1, 0.15) is 40.0 Å². The molecule has 0 aromatic heterocycles. The summed E-state index contributed by atoms with van der Waals surface area (Å²) in [7, 11) is 0.